The quantitative estimate of drug-likeness (QED) is 0.773. The third kappa shape index (κ3) is 2.48. The van der Waals surface area contributed by atoms with Crippen LogP contribution in [0.25, 0.3) is 0 Å². The smallest absolute Gasteiger partial charge is 0.358 e. The molecule has 7 heteroatoms. The summed E-state index contributed by atoms with van der Waals surface area (Å²) in [5, 5.41) is 5.69. The lowest BCUT2D eigenvalue weighted by molar-refractivity contribution is -0.137. The molecule has 0 radical (unpaired) electrons. The molecule has 1 N–H and O–H groups in total. The van der Waals surface area contributed by atoms with E-state index < -0.39 is 17.6 Å². The number of likely N-dealkylation sites (N-methyl/N-ethyl adjacent to an activating group) is 1. The molecule has 0 aliphatic heterocycles. The lowest BCUT2D eigenvalue weighted by Crippen LogP contribution is -2.23. The van der Waals surface area contributed by atoms with Gasteiger partial charge in [0.05, 0.1) is 11.8 Å². The van der Waals surface area contributed by atoms with Crippen molar-refractivity contribution in [1.29, 1.82) is 0 Å². The zero-order valence-corrected chi connectivity index (χ0v) is 7.30. The number of alkyl halides is 3. The number of carbonyl (C=O) groups excluding carboxylic acids is 1. The number of amides is 1. The van der Waals surface area contributed by atoms with Gasteiger partial charge in [0.15, 0.2) is 0 Å². The molecule has 0 saturated carbocycles. The van der Waals surface area contributed by atoms with Crippen molar-refractivity contribution in [3.05, 3.63) is 18.0 Å². The summed E-state index contributed by atoms with van der Waals surface area (Å²) in [5.74, 6) is -0.401. The summed E-state index contributed by atoms with van der Waals surface area (Å²) in [7, 11) is 1.40. The lowest BCUT2D eigenvalue weighted by atomic mass is 10.4. The van der Waals surface area contributed by atoms with Crippen molar-refractivity contribution in [1.82, 2.24) is 15.1 Å². The van der Waals surface area contributed by atoms with Crippen LogP contribution in [0.5, 0.6) is 0 Å². The summed E-state index contributed by atoms with van der Waals surface area (Å²) in [6.45, 7) is -0.216. The van der Waals surface area contributed by atoms with E-state index in [9.17, 15) is 18.0 Å². The van der Waals surface area contributed by atoms with E-state index in [-0.39, 0.29) is 6.54 Å². The Kier molecular flexibility index (Phi) is 2.78. The van der Waals surface area contributed by atoms with Gasteiger partial charge in [0.2, 0.25) is 5.91 Å². The van der Waals surface area contributed by atoms with E-state index >= 15 is 0 Å². The molecule has 0 aromatic carbocycles. The minimum Gasteiger partial charge on any atom is -0.358 e. The van der Waals surface area contributed by atoms with Crippen LogP contribution in [-0.2, 0) is 17.5 Å². The molecule has 1 aromatic rings. The molecule has 78 valence electrons. The second kappa shape index (κ2) is 3.69. The Morgan fingerprint density at radius 2 is 2.29 bits per heavy atom. The Bertz CT molecular complexity index is 331. The normalized spacial score (nSPS) is 11.4. The molecular formula is C7H8F3N3O. The van der Waals surface area contributed by atoms with Crippen LogP contribution >= 0.6 is 0 Å². The minimum atomic E-state index is -4.42. The SMILES string of the molecule is CNC(=O)Cn1cc(C(F)(F)F)cn1. The van der Waals surface area contributed by atoms with Gasteiger partial charge in [-0.05, 0) is 0 Å². The van der Waals surface area contributed by atoms with Crippen molar-refractivity contribution in [3.63, 3.8) is 0 Å². The monoisotopic (exact) mass is 207 g/mol. The van der Waals surface area contributed by atoms with Crippen molar-refractivity contribution < 1.29 is 18.0 Å². The number of rotatable bonds is 2. The molecule has 0 aliphatic carbocycles. The molecule has 1 amide bonds. The summed E-state index contributed by atoms with van der Waals surface area (Å²) in [4.78, 5) is 10.8. The Morgan fingerprint density at radius 3 is 2.71 bits per heavy atom. The first-order chi connectivity index (χ1) is 6.43. The van der Waals surface area contributed by atoms with E-state index in [1.807, 2.05) is 0 Å². The number of halogens is 3. The van der Waals surface area contributed by atoms with Crippen LogP contribution in [0.1, 0.15) is 5.56 Å². The van der Waals surface area contributed by atoms with Gasteiger partial charge in [0.1, 0.15) is 6.54 Å². The van der Waals surface area contributed by atoms with Gasteiger partial charge in [-0.1, -0.05) is 0 Å². The summed E-state index contributed by atoms with van der Waals surface area (Å²) in [6.07, 6.45) is -2.95. The Hall–Kier alpha value is -1.53. The minimum absolute atomic E-state index is 0.216. The Labute approximate surface area is 77.7 Å². The van der Waals surface area contributed by atoms with E-state index in [2.05, 4.69) is 10.4 Å². The van der Waals surface area contributed by atoms with Gasteiger partial charge in [-0.2, -0.15) is 18.3 Å². The van der Waals surface area contributed by atoms with E-state index in [4.69, 9.17) is 0 Å². The number of carbonyl (C=O) groups is 1. The average molecular weight is 207 g/mol. The largest absolute Gasteiger partial charge is 0.419 e. The third-order valence-corrected chi connectivity index (χ3v) is 1.55. The van der Waals surface area contributed by atoms with Crippen molar-refractivity contribution in [3.8, 4) is 0 Å². The summed E-state index contributed by atoms with van der Waals surface area (Å²) in [5.41, 5.74) is -0.860. The molecule has 1 heterocycles. The third-order valence-electron chi connectivity index (χ3n) is 1.55. The fourth-order valence-electron chi connectivity index (χ4n) is 0.823. The van der Waals surface area contributed by atoms with Gasteiger partial charge >= 0.3 is 6.18 Å². The van der Waals surface area contributed by atoms with Crippen molar-refractivity contribution >= 4 is 5.91 Å². The number of hydrogen-bond donors (Lipinski definition) is 1. The molecule has 0 unspecified atom stereocenters. The molecule has 1 rings (SSSR count). The van der Waals surface area contributed by atoms with E-state index in [1.54, 1.807) is 0 Å². The van der Waals surface area contributed by atoms with E-state index in [1.165, 1.54) is 7.05 Å². The number of hydrogen-bond acceptors (Lipinski definition) is 2. The molecule has 4 nitrogen and oxygen atoms in total. The first-order valence-corrected chi connectivity index (χ1v) is 3.73. The van der Waals surface area contributed by atoms with Crippen molar-refractivity contribution in [2.75, 3.05) is 7.05 Å². The molecule has 1 aromatic heterocycles. The van der Waals surface area contributed by atoms with Crippen LogP contribution in [-0.4, -0.2) is 22.7 Å². The van der Waals surface area contributed by atoms with E-state index in [0.717, 1.165) is 10.9 Å². The summed E-state index contributed by atoms with van der Waals surface area (Å²) >= 11 is 0. The number of nitrogens with zero attached hydrogens (tertiary/aromatic N) is 2. The maximum absolute atomic E-state index is 12.1. The van der Waals surface area contributed by atoms with Gasteiger partial charge < -0.3 is 5.32 Å². The zero-order valence-electron chi connectivity index (χ0n) is 7.30. The van der Waals surface area contributed by atoms with Crippen LogP contribution in [0.2, 0.25) is 0 Å². The van der Waals surface area contributed by atoms with Gasteiger partial charge in [0, 0.05) is 13.2 Å². The average Bonchev–Trinajstić information content (AvgIpc) is 2.51. The van der Waals surface area contributed by atoms with Crippen LogP contribution < -0.4 is 5.32 Å². The van der Waals surface area contributed by atoms with Gasteiger partial charge in [-0.3, -0.25) is 9.48 Å². The zero-order chi connectivity index (χ0) is 10.8. The topological polar surface area (TPSA) is 46.9 Å². The van der Waals surface area contributed by atoms with Crippen LogP contribution in [0.3, 0.4) is 0 Å². The predicted octanol–water partition coefficient (Wildman–Crippen LogP) is 0.648. The molecule has 0 bridgehead atoms. The predicted molar refractivity (Wildman–Crippen MR) is 41.3 cm³/mol. The first kappa shape index (κ1) is 10.6. The molecule has 14 heavy (non-hydrogen) atoms. The Balaban J connectivity index is 2.74. The number of aromatic nitrogens is 2. The van der Waals surface area contributed by atoms with Gasteiger partial charge in [-0.25, -0.2) is 0 Å². The molecule has 0 saturated heterocycles. The summed E-state index contributed by atoms with van der Waals surface area (Å²) in [6, 6.07) is 0. The maximum atomic E-state index is 12.1. The number of nitrogens with one attached hydrogen (secondary N) is 1. The first-order valence-electron chi connectivity index (χ1n) is 3.73. The maximum Gasteiger partial charge on any atom is 0.419 e. The molecule has 0 fully saturated rings. The van der Waals surface area contributed by atoms with Crippen LogP contribution in [0.4, 0.5) is 13.2 Å². The molecular weight excluding hydrogens is 199 g/mol. The van der Waals surface area contributed by atoms with Gasteiger partial charge in [-0.15, -0.1) is 0 Å². The van der Waals surface area contributed by atoms with Crippen molar-refractivity contribution in [2.45, 2.75) is 12.7 Å². The van der Waals surface area contributed by atoms with Crippen LogP contribution in [0, 0.1) is 0 Å². The highest BCUT2D eigenvalue weighted by atomic mass is 19.4. The summed E-state index contributed by atoms with van der Waals surface area (Å²) < 4.78 is 37.1. The molecule has 0 atom stereocenters. The second-order valence-corrected chi connectivity index (χ2v) is 2.60. The molecule has 0 aliphatic rings. The van der Waals surface area contributed by atoms with Crippen LogP contribution in [0.15, 0.2) is 12.4 Å². The molecule has 0 spiro atoms. The highest BCUT2D eigenvalue weighted by molar-refractivity contribution is 5.75. The van der Waals surface area contributed by atoms with Gasteiger partial charge in [0.25, 0.3) is 0 Å². The Morgan fingerprint density at radius 1 is 1.64 bits per heavy atom. The fraction of sp³-hybridized carbons (Fsp3) is 0.429. The fourth-order valence-corrected chi connectivity index (χ4v) is 0.823. The highest BCUT2D eigenvalue weighted by Gasteiger charge is 2.32. The highest BCUT2D eigenvalue weighted by Crippen LogP contribution is 2.28. The van der Waals surface area contributed by atoms with Crippen molar-refractivity contribution in [2.24, 2.45) is 0 Å². The lowest BCUT2D eigenvalue weighted by Gasteiger charge is -2.01. The standard InChI is InChI=1S/C7H8F3N3O/c1-11-6(14)4-13-3-5(2-12-13)7(8,9)10/h2-3H,4H2,1H3,(H,11,14). The van der Waals surface area contributed by atoms with E-state index in [0.29, 0.717) is 6.20 Å². The second-order valence-electron chi connectivity index (χ2n) is 2.60.